The quantitative estimate of drug-likeness (QED) is 0.163. The van der Waals surface area contributed by atoms with Gasteiger partial charge in [0.05, 0.1) is 0 Å². The molecular weight excluding hydrogens is 698 g/mol. The van der Waals surface area contributed by atoms with E-state index in [9.17, 15) is 0 Å². The first-order valence-corrected chi connectivity index (χ1v) is 20.3. The maximum atomic E-state index is 2.56. The van der Waals surface area contributed by atoms with Crippen molar-refractivity contribution >= 4 is 58.3 Å². The van der Waals surface area contributed by atoms with Crippen LogP contribution < -0.4 is 31.5 Å². The Hall–Kier alpha value is -7.29. The van der Waals surface area contributed by atoms with E-state index < -0.39 is 0 Å². The molecule has 4 aliphatic heterocycles. The molecule has 0 saturated carbocycles. The van der Waals surface area contributed by atoms with E-state index in [0.717, 1.165) is 0 Å². The van der Waals surface area contributed by atoms with Gasteiger partial charge in [-0.1, -0.05) is 164 Å². The van der Waals surface area contributed by atoms with Gasteiger partial charge in [0.15, 0.2) is 0 Å². The number of anilines is 4. The van der Waals surface area contributed by atoms with E-state index in [0.29, 0.717) is 0 Å². The average molecular weight is 733 g/mol. The minimum Gasteiger partial charge on any atom is -0.376 e. The second kappa shape index (κ2) is 12.1. The molecule has 0 fully saturated rings. The van der Waals surface area contributed by atoms with Gasteiger partial charge in [0.2, 0.25) is 0 Å². The lowest BCUT2D eigenvalue weighted by atomic mass is 9.43. The number of para-hydroxylation sites is 4. The molecule has 9 aromatic carbocycles. The third-order valence-electron chi connectivity index (χ3n) is 13.1. The summed E-state index contributed by atoms with van der Waals surface area (Å²) in [4.78, 5) is 5.13. The number of rotatable bonds is 2. The normalized spacial score (nSPS) is 13.4. The van der Waals surface area contributed by atoms with Gasteiger partial charge in [-0.05, 0) is 109 Å². The maximum Gasteiger partial charge on any atom is 0.329 e. The molecule has 0 atom stereocenters. The third-order valence-corrected chi connectivity index (χ3v) is 13.1. The largest absolute Gasteiger partial charge is 0.376 e. The minimum atomic E-state index is 0.0929. The van der Waals surface area contributed by atoms with Gasteiger partial charge in [-0.3, -0.25) is 0 Å². The van der Waals surface area contributed by atoms with Gasteiger partial charge in [-0.25, -0.2) is 0 Å². The van der Waals surface area contributed by atoms with Crippen molar-refractivity contribution in [2.75, 3.05) is 9.62 Å². The lowest BCUT2D eigenvalue weighted by Crippen LogP contribution is -2.59. The van der Waals surface area contributed by atoms with Crippen molar-refractivity contribution in [3.8, 4) is 66.8 Å². The second-order valence-electron chi connectivity index (χ2n) is 16.0. The number of nitrogens with zero attached hydrogens (tertiary/aromatic N) is 2. The summed E-state index contributed by atoms with van der Waals surface area (Å²) < 4.78 is 0. The third kappa shape index (κ3) is 4.40. The Morgan fingerprint density at radius 1 is 0.224 bits per heavy atom. The van der Waals surface area contributed by atoms with E-state index in [-0.39, 0.29) is 13.7 Å². The highest BCUT2D eigenvalue weighted by molar-refractivity contribution is 6.93. The molecule has 266 valence electrons. The summed E-state index contributed by atoms with van der Waals surface area (Å²) >= 11 is 0. The monoisotopic (exact) mass is 732 g/mol. The summed E-state index contributed by atoms with van der Waals surface area (Å²) in [5, 5.41) is 0. The molecule has 0 unspecified atom stereocenters. The SMILES string of the molecule is c1cc(-c2ccc3c(c2)-c2ccccc2N2B3c3ccccc3-c3ccccc32)cc(-c2ccc3c(c2)-c2ccccc2N2B3c3ccccc3-c3ccccc32)c1. The predicted octanol–water partition coefficient (Wildman–Crippen LogP) is 10.8. The lowest BCUT2D eigenvalue weighted by Gasteiger charge is -2.43. The van der Waals surface area contributed by atoms with E-state index in [1.807, 2.05) is 0 Å². The number of benzene rings is 9. The van der Waals surface area contributed by atoms with Crippen LogP contribution in [0.4, 0.5) is 22.7 Å². The van der Waals surface area contributed by atoms with Gasteiger partial charge >= 0.3 is 13.7 Å². The smallest absolute Gasteiger partial charge is 0.329 e. The van der Waals surface area contributed by atoms with Crippen molar-refractivity contribution in [3.63, 3.8) is 0 Å². The summed E-state index contributed by atoms with van der Waals surface area (Å²) in [6.45, 7) is 0.186. The topological polar surface area (TPSA) is 6.48 Å². The van der Waals surface area contributed by atoms with Crippen LogP contribution in [0.5, 0.6) is 0 Å². The standard InChI is InChI=1S/C54H34B2N2/c1-7-22-47-39(16-1)41-18-3-9-24-51(41)57-53-26-11-5-20-43(53)45-33-37(28-30-49(45)55(47)57)35-14-13-15-36(32-35)38-29-31-50-46(34-38)44-21-6-12-27-54(44)58-52-25-10-4-19-42(52)40-17-2-8-23-48(40)56(50)58/h1-34H. The van der Waals surface area contributed by atoms with Crippen molar-refractivity contribution in [1.29, 1.82) is 0 Å². The zero-order valence-corrected chi connectivity index (χ0v) is 31.7. The molecule has 0 N–H and O–H groups in total. The van der Waals surface area contributed by atoms with Crippen LogP contribution in [0, 0.1) is 0 Å². The van der Waals surface area contributed by atoms with Gasteiger partial charge in [0, 0.05) is 45.0 Å². The van der Waals surface area contributed by atoms with Crippen molar-refractivity contribution in [2.24, 2.45) is 0 Å². The molecule has 0 amide bonds. The molecule has 4 heteroatoms. The lowest BCUT2D eigenvalue weighted by molar-refractivity contribution is 1.35. The van der Waals surface area contributed by atoms with Crippen molar-refractivity contribution in [1.82, 2.24) is 0 Å². The Morgan fingerprint density at radius 3 is 0.948 bits per heavy atom. The Bertz CT molecular complexity index is 2980. The van der Waals surface area contributed by atoms with Crippen LogP contribution in [0.25, 0.3) is 66.8 Å². The van der Waals surface area contributed by atoms with Gasteiger partial charge < -0.3 is 9.62 Å². The molecule has 0 saturated heterocycles. The zero-order valence-electron chi connectivity index (χ0n) is 31.7. The maximum absolute atomic E-state index is 2.56. The Labute approximate surface area is 339 Å². The van der Waals surface area contributed by atoms with Crippen LogP contribution in [0.2, 0.25) is 0 Å². The molecule has 0 aliphatic carbocycles. The molecule has 4 heterocycles. The molecule has 0 spiro atoms. The van der Waals surface area contributed by atoms with Crippen LogP contribution in [0.3, 0.4) is 0 Å². The Balaban J connectivity index is 0.932. The highest BCUT2D eigenvalue weighted by atomic mass is 15.1. The van der Waals surface area contributed by atoms with Gasteiger partial charge in [0.1, 0.15) is 0 Å². The Morgan fingerprint density at radius 2 is 0.534 bits per heavy atom. The van der Waals surface area contributed by atoms with E-state index in [1.54, 1.807) is 0 Å². The molecule has 0 bridgehead atoms. The first-order chi connectivity index (χ1) is 28.8. The predicted molar refractivity (Wildman–Crippen MR) is 246 cm³/mol. The first kappa shape index (κ1) is 31.9. The summed E-state index contributed by atoms with van der Waals surface area (Å²) in [6.07, 6.45) is 0. The molecule has 0 radical (unpaired) electrons. The molecule has 58 heavy (non-hydrogen) atoms. The van der Waals surface area contributed by atoms with Crippen LogP contribution in [0.15, 0.2) is 206 Å². The number of fused-ring (bicyclic) bond motifs is 22. The minimum absolute atomic E-state index is 0.0929. The number of hydrogen-bond acceptors (Lipinski definition) is 2. The van der Waals surface area contributed by atoms with Crippen molar-refractivity contribution in [2.45, 2.75) is 0 Å². The molecule has 13 rings (SSSR count). The van der Waals surface area contributed by atoms with E-state index in [4.69, 9.17) is 0 Å². The fourth-order valence-corrected chi connectivity index (χ4v) is 10.6. The summed E-state index contributed by atoms with van der Waals surface area (Å²) in [7, 11) is 0. The van der Waals surface area contributed by atoms with E-state index in [2.05, 4.69) is 216 Å². The van der Waals surface area contributed by atoms with Gasteiger partial charge in [0.25, 0.3) is 0 Å². The van der Waals surface area contributed by atoms with Gasteiger partial charge in [-0.2, -0.15) is 0 Å². The van der Waals surface area contributed by atoms with Crippen molar-refractivity contribution < 1.29 is 0 Å². The average Bonchev–Trinajstić information content (AvgIpc) is 3.31. The second-order valence-corrected chi connectivity index (χ2v) is 16.0. The number of hydrogen-bond donors (Lipinski definition) is 0. The molecule has 0 aromatic heterocycles. The summed E-state index contributed by atoms with van der Waals surface area (Å²) in [5.74, 6) is 0. The first-order valence-electron chi connectivity index (χ1n) is 20.3. The van der Waals surface area contributed by atoms with Crippen LogP contribution in [0.1, 0.15) is 0 Å². The zero-order chi connectivity index (χ0) is 37.9. The summed E-state index contributed by atoms with van der Waals surface area (Å²) in [6, 6.07) is 77.0. The van der Waals surface area contributed by atoms with E-state index >= 15 is 0 Å². The fourth-order valence-electron chi connectivity index (χ4n) is 10.6. The Kier molecular flexibility index (Phi) is 6.65. The molecule has 4 aliphatic rings. The van der Waals surface area contributed by atoms with E-state index in [1.165, 1.54) is 111 Å². The molecular formula is C54H34B2N2. The van der Waals surface area contributed by atoms with Gasteiger partial charge in [-0.15, -0.1) is 0 Å². The fraction of sp³-hybridized carbons (Fsp3) is 0. The van der Waals surface area contributed by atoms with Crippen LogP contribution >= 0.6 is 0 Å². The van der Waals surface area contributed by atoms with Crippen LogP contribution in [-0.2, 0) is 0 Å². The van der Waals surface area contributed by atoms with Crippen molar-refractivity contribution in [3.05, 3.63) is 206 Å². The molecule has 9 aromatic rings. The summed E-state index contributed by atoms with van der Waals surface area (Å²) in [5.41, 5.74) is 25.7. The van der Waals surface area contributed by atoms with Crippen LogP contribution in [-0.4, -0.2) is 13.7 Å². The highest BCUT2D eigenvalue weighted by Crippen LogP contribution is 2.48. The highest BCUT2D eigenvalue weighted by Gasteiger charge is 2.43. The molecule has 2 nitrogen and oxygen atoms in total.